The molecule has 1 saturated heterocycles. The number of aromatic amines is 2. The summed E-state index contributed by atoms with van der Waals surface area (Å²) in [6.07, 6.45) is 6.26. The molecule has 2 aromatic rings. The number of rotatable bonds is 2. The molecule has 0 radical (unpaired) electrons. The van der Waals surface area contributed by atoms with Crippen LogP contribution in [0.3, 0.4) is 0 Å². The summed E-state index contributed by atoms with van der Waals surface area (Å²) >= 11 is 0. The second-order valence-corrected chi connectivity index (χ2v) is 3.93. The van der Waals surface area contributed by atoms with Crippen LogP contribution in [0.1, 0.15) is 24.6 Å². The Hall–Kier alpha value is -1.55. The van der Waals surface area contributed by atoms with Crippen LogP contribution in [0, 0.1) is 0 Å². The molecule has 0 spiro atoms. The van der Waals surface area contributed by atoms with E-state index in [9.17, 15) is 0 Å². The molecule has 78 valence electrons. The lowest BCUT2D eigenvalue weighted by molar-refractivity contribution is 0.626. The minimum absolute atomic E-state index is 0.436. The number of aromatic nitrogens is 3. The lowest BCUT2D eigenvalue weighted by atomic mass is 10.1. The van der Waals surface area contributed by atoms with Gasteiger partial charge >= 0.3 is 0 Å². The van der Waals surface area contributed by atoms with Crippen molar-refractivity contribution in [2.45, 2.75) is 18.9 Å². The summed E-state index contributed by atoms with van der Waals surface area (Å²) in [7, 11) is 0. The first-order valence-corrected chi connectivity index (χ1v) is 5.35. The van der Waals surface area contributed by atoms with Crippen molar-refractivity contribution in [2.75, 3.05) is 6.54 Å². The van der Waals surface area contributed by atoms with Gasteiger partial charge in [0.25, 0.3) is 0 Å². The monoisotopic (exact) mass is 202 g/mol. The molecule has 0 saturated carbocycles. The Morgan fingerprint density at radius 3 is 3.13 bits per heavy atom. The standard InChI is InChI=1S/C11H14N4/c1-3-9(12-5-1)8-7-14-15-11(8)10-4-2-6-13-10/h1,3,5,7,10,12-13H,2,4,6H2,(H,14,15). The van der Waals surface area contributed by atoms with E-state index in [0.717, 1.165) is 12.2 Å². The third-order valence-electron chi connectivity index (χ3n) is 2.97. The molecule has 1 atom stereocenters. The van der Waals surface area contributed by atoms with Gasteiger partial charge in [0.1, 0.15) is 0 Å². The highest BCUT2D eigenvalue weighted by Crippen LogP contribution is 2.29. The second-order valence-electron chi connectivity index (χ2n) is 3.93. The number of H-pyrrole nitrogens is 2. The number of hydrogen-bond donors (Lipinski definition) is 3. The van der Waals surface area contributed by atoms with Gasteiger partial charge in [-0.1, -0.05) is 0 Å². The molecular formula is C11H14N4. The second kappa shape index (κ2) is 3.55. The third-order valence-corrected chi connectivity index (χ3v) is 2.97. The van der Waals surface area contributed by atoms with Gasteiger partial charge in [0.05, 0.1) is 11.9 Å². The van der Waals surface area contributed by atoms with Crippen LogP contribution in [0.2, 0.25) is 0 Å². The summed E-state index contributed by atoms with van der Waals surface area (Å²) in [5.41, 5.74) is 3.52. The maximum atomic E-state index is 4.14. The molecule has 3 heterocycles. The predicted molar refractivity (Wildman–Crippen MR) is 58.4 cm³/mol. The van der Waals surface area contributed by atoms with Crippen molar-refractivity contribution in [3.63, 3.8) is 0 Å². The Balaban J connectivity index is 1.98. The van der Waals surface area contributed by atoms with E-state index in [-0.39, 0.29) is 0 Å². The molecule has 0 amide bonds. The minimum atomic E-state index is 0.436. The van der Waals surface area contributed by atoms with Gasteiger partial charge in [-0.3, -0.25) is 5.10 Å². The third kappa shape index (κ3) is 1.47. The first-order chi connectivity index (χ1) is 7.45. The van der Waals surface area contributed by atoms with Crippen LogP contribution < -0.4 is 5.32 Å². The molecule has 3 N–H and O–H groups in total. The van der Waals surface area contributed by atoms with Crippen LogP contribution in [0.5, 0.6) is 0 Å². The lowest BCUT2D eigenvalue weighted by Gasteiger charge is -2.09. The average Bonchev–Trinajstić information content (AvgIpc) is 3.01. The Kier molecular flexibility index (Phi) is 2.07. The summed E-state index contributed by atoms with van der Waals surface area (Å²) in [4.78, 5) is 3.22. The molecule has 1 aliphatic heterocycles. The van der Waals surface area contributed by atoms with Crippen molar-refractivity contribution in [3.05, 3.63) is 30.2 Å². The first-order valence-electron chi connectivity index (χ1n) is 5.35. The molecule has 3 rings (SSSR count). The molecule has 4 heteroatoms. The zero-order valence-corrected chi connectivity index (χ0v) is 8.46. The van der Waals surface area contributed by atoms with Gasteiger partial charge < -0.3 is 10.3 Å². The Labute approximate surface area is 88.1 Å². The van der Waals surface area contributed by atoms with Crippen molar-refractivity contribution >= 4 is 0 Å². The quantitative estimate of drug-likeness (QED) is 0.695. The zero-order chi connectivity index (χ0) is 10.1. The van der Waals surface area contributed by atoms with E-state index in [0.29, 0.717) is 6.04 Å². The smallest absolute Gasteiger partial charge is 0.0614 e. The number of nitrogens with one attached hydrogen (secondary N) is 3. The Morgan fingerprint density at radius 1 is 1.40 bits per heavy atom. The fourth-order valence-corrected chi connectivity index (χ4v) is 2.21. The average molecular weight is 202 g/mol. The maximum Gasteiger partial charge on any atom is 0.0614 e. The lowest BCUT2D eigenvalue weighted by Crippen LogP contribution is -2.14. The van der Waals surface area contributed by atoms with E-state index in [1.807, 2.05) is 18.5 Å². The van der Waals surface area contributed by atoms with Crippen LogP contribution >= 0.6 is 0 Å². The molecule has 4 nitrogen and oxygen atoms in total. The topological polar surface area (TPSA) is 56.5 Å². The van der Waals surface area contributed by atoms with E-state index in [1.54, 1.807) is 0 Å². The van der Waals surface area contributed by atoms with Crippen LogP contribution in [0.15, 0.2) is 24.5 Å². The van der Waals surface area contributed by atoms with Crippen molar-refractivity contribution in [2.24, 2.45) is 0 Å². The number of nitrogens with zero attached hydrogens (tertiary/aromatic N) is 1. The van der Waals surface area contributed by atoms with Crippen LogP contribution in [-0.4, -0.2) is 21.7 Å². The Bertz CT molecular complexity index is 423. The summed E-state index contributed by atoms with van der Waals surface area (Å²) in [5, 5.41) is 10.7. The van der Waals surface area contributed by atoms with Crippen molar-refractivity contribution in [3.8, 4) is 11.3 Å². The molecule has 1 unspecified atom stereocenters. The van der Waals surface area contributed by atoms with Gasteiger partial charge in [0, 0.05) is 23.5 Å². The number of hydrogen-bond acceptors (Lipinski definition) is 2. The fourth-order valence-electron chi connectivity index (χ4n) is 2.21. The molecule has 0 bridgehead atoms. The van der Waals surface area contributed by atoms with E-state index in [1.165, 1.54) is 24.1 Å². The van der Waals surface area contributed by atoms with E-state index < -0.39 is 0 Å². The van der Waals surface area contributed by atoms with Crippen molar-refractivity contribution in [1.82, 2.24) is 20.5 Å². The molecule has 0 aromatic carbocycles. The van der Waals surface area contributed by atoms with Gasteiger partial charge in [-0.15, -0.1) is 0 Å². The zero-order valence-electron chi connectivity index (χ0n) is 8.46. The highest BCUT2D eigenvalue weighted by Gasteiger charge is 2.21. The van der Waals surface area contributed by atoms with Gasteiger partial charge in [0.15, 0.2) is 0 Å². The SMILES string of the molecule is c1c[nH]c(-c2cn[nH]c2C2CCCN2)c1. The fraction of sp³-hybridized carbons (Fsp3) is 0.364. The van der Waals surface area contributed by atoms with Crippen molar-refractivity contribution in [1.29, 1.82) is 0 Å². The molecule has 2 aromatic heterocycles. The molecular weight excluding hydrogens is 188 g/mol. The van der Waals surface area contributed by atoms with Crippen molar-refractivity contribution < 1.29 is 0 Å². The molecule has 1 fully saturated rings. The van der Waals surface area contributed by atoms with Gasteiger partial charge in [-0.25, -0.2) is 0 Å². The summed E-state index contributed by atoms with van der Waals surface area (Å²) in [5.74, 6) is 0. The van der Waals surface area contributed by atoms with Gasteiger partial charge in [-0.05, 0) is 31.5 Å². The first kappa shape index (κ1) is 8.73. The molecule has 15 heavy (non-hydrogen) atoms. The van der Waals surface area contributed by atoms with E-state index in [2.05, 4.69) is 26.6 Å². The Morgan fingerprint density at radius 2 is 2.40 bits per heavy atom. The van der Waals surface area contributed by atoms with Gasteiger partial charge in [0.2, 0.25) is 0 Å². The summed E-state index contributed by atoms with van der Waals surface area (Å²) in [6, 6.07) is 4.52. The van der Waals surface area contributed by atoms with Crippen LogP contribution in [-0.2, 0) is 0 Å². The van der Waals surface area contributed by atoms with Gasteiger partial charge in [-0.2, -0.15) is 5.10 Å². The highest BCUT2D eigenvalue weighted by atomic mass is 15.1. The van der Waals surface area contributed by atoms with E-state index >= 15 is 0 Å². The summed E-state index contributed by atoms with van der Waals surface area (Å²) < 4.78 is 0. The largest absolute Gasteiger partial charge is 0.361 e. The molecule has 0 aliphatic carbocycles. The highest BCUT2D eigenvalue weighted by molar-refractivity contribution is 5.61. The predicted octanol–water partition coefficient (Wildman–Crippen LogP) is 1.83. The van der Waals surface area contributed by atoms with E-state index in [4.69, 9.17) is 0 Å². The van der Waals surface area contributed by atoms with Crippen LogP contribution in [0.25, 0.3) is 11.3 Å². The molecule has 1 aliphatic rings. The van der Waals surface area contributed by atoms with Crippen LogP contribution in [0.4, 0.5) is 0 Å². The maximum absolute atomic E-state index is 4.14. The minimum Gasteiger partial charge on any atom is -0.361 e. The summed E-state index contributed by atoms with van der Waals surface area (Å²) in [6.45, 7) is 1.11. The normalized spacial score (nSPS) is 20.9.